The van der Waals surface area contributed by atoms with Gasteiger partial charge >= 0.3 is 0 Å². The number of carbonyl (C=O) groups is 1. The van der Waals surface area contributed by atoms with E-state index in [-0.39, 0.29) is 11.9 Å². The van der Waals surface area contributed by atoms with Gasteiger partial charge in [0, 0.05) is 49.3 Å². The summed E-state index contributed by atoms with van der Waals surface area (Å²) in [6.07, 6.45) is 3.27. The van der Waals surface area contributed by atoms with Crippen molar-refractivity contribution in [2.45, 2.75) is 19.9 Å². The molecule has 1 aliphatic heterocycles. The maximum Gasteiger partial charge on any atom is 0.257 e. The Morgan fingerprint density at radius 3 is 2.32 bits per heavy atom. The van der Waals surface area contributed by atoms with Crippen LogP contribution in [0.1, 0.15) is 22.8 Å². The standard InChI is InChI=1S/C23H24N4O/c1-17-8-6-7-11-21(17)26-12-13-27(18(2)16-26)23(28)20-14-24-22(25-15-20)19-9-4-3-5-10-19/h3-11,14-15,18H,12-13,16H2,1-2H3. The van der Waals surface area contributed by atoms with E-state index in [0.29, 0.717) is 17.9 Å². The molecule has 2 aromatic carbocycles. The van der Waals surface area contributed by atoms with Crippen molar-refractivity contribution in [3.05, 3.63) is 78.1 Å². The van der Waals surface area contributed by atoms with Crippen molar-refractivity contribution in [3.8, 4) is 11.4 Å². The third kappa shape index (κ3) is 3.60. The highest BCUT2D eigenvalue weighted by Gasteiger charge is 2.29. The summed E-state index contributed by atoms with van der Waals surface area (Å²) in [6.45, 7) is 6.56. The van der Waals surface area contributed by atoms with Crippen LogP contribution in [0.5, 0.6) is 0 Å². The van der Waals surface area contributed by atoms with Crippen molar-refractivity contribution in [3.63, 3.8) is 0 Å². The van der Waals surface area contributed by atoms with Gasteiger partial charge in [-0.3, -0.25) is 4.79 Å². The van der Waals surface area contributed by atoms with Crippen LogP contribution in [-0.2, 0) is 0 Å². The van der Waals surface area contributed by atoms with Crippen LogP contribution in [0.4, 0.5) is 5.69 Å². The highest BCUT2D eigenvalue weighted by molar-refractivity contribution is 5.94. The molecule has 142 valence electrons. The van der Waals surface area contributed by atoms with Gasteiger partial charge in [0.1, 0.15) is 0 Å². The molecule has 1 fully saturated rings. The van der Waals surface area contributed by atoms with E-state index in [1.54, 1.807) is 12.4 Å². The summed E-state index contributed by atoms with van der Waals surface area (Å²) in [6, 6.07) is 18.3. The van der Waals surface area contributed by atoms with E-state index in [9.17, 15) is 4.79 Å². The Hall–Kier alpha value is -3.21. The average Bonchev–Trinajstić information content (AvgIpc) is 2.74. The molecule has 1 amide bonds. The molecular formula is C23H24N4O. The summed E-state index contributed by atoms with van der Waals surface area (Å²) in [5.41, 5.74) is 3.99. The van der Waals surface area contributed by atoms with Gasteiger partial charge in [-0.2, -0.15) is 0 Å². The van der Waals surface area contributed by atoms with Gasteiger partial charge in [-0.25, -0.2) is 9.97 Å². The molecule has 5 nitrogen and oxygen atoms in total. The zero-order chi connectivity index (χ0) is 19.5. The molecule has 0 saturated carbocycles. The van der Waals surface area contributed by atoms with Crippen LogP contribution in [0.3, 0.4) is 0 Å². The minimum absolute atomic E-state index is 0.00320. The molecular weight excluding hydrogens is 348 g/mol. The van der Waals surface area contributed by atoms with Crippen LogP contribution in [0.25, 0.3) is 11.4 Å². The third-order valence-electron chi connectivity index (χ3n) is 5.28. The van der Waals surface area contributed by atoms with Crippen LogP contribution in [0.2, 0.25) is 0 Å². The average molecular weight is 372 g/mol. The fourth-order valence-electron chi connectivity index (χ4n) is 3.74. The lowest BCUT2D eigenvalue weighted by atomic mass is 10.1. The van der Waals surface area contributed by atoms with Gasteiger partial charge in [-0.1, -0.05) is 48.5 Å². The lowest BCUT2D eigenvalue weighted by Crippen LogP contribution is -2.54. The van der Waals surface area contributed by atoms with E-state index in [4.69, 9.17) is 0 Å². The fraction of sp³-hybridized carbons (Fsp3) is 0.261. The first-order chi connectivity index (χ1) is 13.6. The van der Waals surface area contributed by atoms with Gasteiger partial charge < -0.3 is 9.80 Å². The number of hydrogen-bond donors (Lipinski definition) is 0. The van der Waals surface area contributed by atoms with E-state index >= 15 is 0 Å². The van der Waals surface area contributed by atoms with Crippen LogP contribution in [0.15, 0.2) is 67.0 Å². The van der Waals surface area contributed by atoms with Gasteiger partial charge in [-0.15, -0.1) is 0 Å². The Labute approximate surface area is 165 Å². The Kier molecular flexibility index (Phi) is 5.06. The first-order valence-electron chi connectivity index (χ1n) is 9.62. The molecule has 1 aromatic heterocycles. The molecule has 0 radical (unpaired) electrons. The number of benzene rings is 2. The first-order valence-corrected chi connectivity index (χ1v) is 9.62. The number of anilines is 1. The highest BCUT2D eigenvalue weighted by Crippen LogP contribution is 2.24. The van der Waals surface area contributed by atoms with Crippen molar-refractivity contribution < 1.29 is 4.79 Å². The van der Waals surface area contributed by atoms with E-state index < -0.39 is 0 Å². The quantitative estimate of drug-likeness (QED) is 0.702. The molecule has 0 aliphatic carbocycles. The molecule has 3 aromatic rings. The largest absolute Gasteiger partial charge is 0.367 e. The molecule has 2 heterocycles. The first kappa shape index (κ1) is 18.2. The second-order valence-corrected chi connectivity index (χ2v) is 7.24. The number of piperazine rings is 1. The number of aromatic nitrogens is 2. The molecule has 0 bridgehead atoms. The minimum atomic E-state index is -0.00320. The molecule has 1 aliphatic rings. The van der Waals surface area contributed by atoms with Gasteiger partial charge in [0.05, 0.1) is 5.56 Å². The molecule has 5 heteroatoms. The summed E-state index contributed by atoms with van der Waals surface area (Å²) in [5.74, 6) is 0.631. The van der Waals surface area contributed by atoms with Crippen molar-refractivity contribution in [2.75, 3.05) is 24.5 Å². The van der Waals surface area contributed by atoms with Gasteiger partial charge in [0.25, 0.3) is 5.91 Å². The zero-order valence-electron chi connectivity index (χ0n) is 16.2. The third-order valence-corrected chi connectivity index (χ3v) is 5.28. The van der Waals surface area contributed by atoms with Crippen LogP contribution in [0, 0.1) is 6.92 Å². The summed E-state index contributed by atoms with van der Waals surface area (Å²) < 4.78 is 0. The predicted octanol–water partition coefficient (Wildman–Crippen LogP) is 3.80. The normalized spacial score (nSPS) is 16.9. The second kappa shape index (κ2) is 7.80. The Bertz CT molecular complexity index is 956. The maximum atomic E-state index is 13.0. The number of hydrogen-bond acceptors (Lipinski definition) is 4. The molecule has 0 N–H and O–H groups in total. The topological polar surface area (TPSA) is 49.3 Å². The maximum absolute atomic E-state index is 13.0. The molecule has 1 saturated heterocycles. The second-order valence-electron chi connectivity index (χ2n) is 7.24. The zero-order valence-corrected chi connectivity index (χ0v) is 16.2. The van der Waals surface area contributed by atoms with Crippen molar-refractivity contribution in [2.24, 2.45) is 0 Å². The highest BCUT2D eigenvalue weighted by atomic mass is 16.2. The number of para-hydroxylation sites is 1. The van der Waals surface area contributed by atoms with E-state index in [1.807, 2.05) is 35.2 Å². The van der Waals surface area contributed by atoms with Crippen molar-refractivity contribution >= 4 is 11.6 Å². The van der Waals surface area contributed by atoms with E-state index in [2.05, 4.69) is 53.0 Å². The lowest BCUT2D eigenvalue weighted by molar-refractivity contribution is 0.0673. The van der Waals surface area contributed by atoms with E-state index in [0.717, 1.165) is 18.7 Å². The number of aryl methyl sites for hydroxylation is 1. The van der Waals surface area contributed by atoms with Gasteiger partial charge in [0.2, 0.25) is 0 Å². The molecule has 4 rings (SSSR count). The van der Waals surface area contributed by atoms with E-state index in [1.165, 1.54) is 11.3 Å². The van der Waals surface area contributed by atoms with Crippen molar-refractivity contribution in [1.29, 1.82) is 0 Å². The number of carbonyl (C=O) groups excluding carboxylic acids is 1. The predicted molar refractivity (Wildman–Crippen MR) is 111 cm³/mol. The van der Waals surface area contributed by atoms with Crippen LogP contribution < -0.4 is 4.90 Å². The molecule has 28 heavy (non-hydrogen) atoms. The van der Waals surface area contributed by atoms with Crippen molar-refractivity contribution in [1.82, 2.24) is 14.9 Å². The lowest BCUT2D eigenvalue weighted by Gasteiger charge is -2.41. The summed E-state index contributed by atoms with van der Waals surface area (Å²) >= 11 is 0. The Balaban J connectivity index is 1.46. The summed E-state index contributed by atoms with van der Waals surface area (Å²) in [4.78, 5) is 26.1. The monoisotopic (exact) mass is 372 g/mol. The number of nitrogens with zero attached hydrogens (tertiary/aromatic N) is 4. The fourth-order valence-corrected chi connectivity index (χ4v) is 3.74. The van der Waals surface area contributed by atoms with Crippen LogP contribution >= 0.6 is 0 Å². The summed E-state index contributed by atoms with van der Waals surface area (Å²) in [5, 5.41) is 0. The number of amides is 1. The van der Waals surface area contributed by atoms with Crippen LogP contribution in [-0.4, -0.2) is 46.5 Å². The Morgan fingerprint density at radius 1 is 0.964 bits per heavy atom. The Morgan fingerprint density at radius 2 is 1.64 bits per heavy atom. The van der Waals surface area contributed by atoms with Gasteiger partial charge in [0.15, 0.2) is 5.82 Å². The van der Waals surface area contributed by atoms with Gasteiger partial charge in [-0.05, 0) is 25.5 Å². The smallest absolute Gasteiger partial charge is 0.257 e. The molecule has 1 atom stereocenters. The molecule has 0 spiro atoms. The minimum Gasteiger partial charge on any atom is -0.367 e. The summed E-state index contributed by atoms with van der Waals surface area (Å²) in [7, 11) is 0. The SMILES string of the molecule is Cc1ccccc1N1CCN(C(=O)c2cnc(-c3ccccc3)nc2)C(C)C1. The number of rotatable bonds is 3. The molecule has 1 unspecified atom stereocenters.